The number of carbonyl (C=O) groups is 1. The van der Waals surface area contributed by atoms with Gasteiger partial charge in [0.2, 0.25) is 0 Å². The number of ether oxygens (including phenoxy) is 1. The lowest BCUT2D eigenvalue weighted by molar-refractivity contribution is -0.383. The number of non-ortho nitro benzene ring substituents is 1. The first-order chi connectivity index (χ1) is 11.1. The van der Waals surface area contributed by atoms with Gasteiger partial charge in [-0.2, -0.15) is 0 Å². The number of aromatic amines is 1. The number of hydrogen-bond acceptors (Lipinski definition) is 4. The van der Waals surface area contributed by atoms with Crippen LogP contribution in [0.15, 0.2) is 48.5 Å². The average molecular weight is 310 g/mol. The molecule has 23 heavy (non-hydrogen) atoms. The highest BCUT2D eigenvalue weighted by Gasteiger charge is 2.18. The van der Waals surface area contributed by atoms with Crippen LogP contribution in [0.2, 0.25) is 0 Å². The minimum atomic E-state index is -0.450. The fourth-order valence-corrected chi connectivity index (χ4v) is 2.54. The van der Waals surface area contributed by atoms with E-state index in [9.17, 15) is 14.9 Å². The molecule has 1 N–H and O–H groups in total. The number of hydrogen-bond donors (Lipinski definition) is 1. The molecule has 6 nitrogen and oxygen atoms in total. The summed E-state index contributed by atoms with van der Waals surface area (Å²) in [6, 6.07) is 14.6. The summed E-state index contributed by atoms with van der Waals surface area (Å²) in [5.74, 6) is -0.433. The van der Waals surface area contributed by atoms with Crippen molar-refractivity contribution >= 4 is 22.6 Å². The summed E-state index contributed by atoms with van der Waals surface area (Å²) in [6.07, 6.45) is -0.000863. The van der Waals surface area contributed by atoms with Gasteiger partial charge in [-0.15, -0.1) is 0 Å². The Morgan fingerprint density at radius 2 is 1.96 bits per heavy atom. The monoisotopic (exact) mass is 310 g/mol. The summed E-state index contributed by atoms with van der Waals surface area (Å²) < 4.78 is 4.62. The van der Waals surface area contributed by atoms with Gasteiger partial charge in [-0.05, 0) is 23.3 Å². The zero-order valence-electron chi connectivity index (χ0n) is 12.4. The van der Waals surface area contributed by atoms with Gasteiger partial charge in [0.15, 0.2) is 0 Å². The number of fused-ring (bicyclic) bond motifs is 1. The van der Waals surface area contributed by atoms with Crippen molar-refractivity contribution in [3.63, 3.8) is 0 Å². The quantitative estimate of drug-likeness (QED) is 0.454. The number of nitro benzene ring substituents is 1. The second-order valence-electron chi connectivity index (χ2n) is 5.14. The number of esters is 1. The van der Waals surface area contributed by atoms with Gasteiger partial charge in [0.1, 0.15) is 5.52 Å². The van der Waals surface area contributed by atoms with Gasteiger partial charge in [-0.25, -0.2) is 0 Å². The Morgan fingerprint density at radius 1 is 1.22 bits per heavy atom. The largest absolute Gasteiger partial charge is 0.469 e. The van der Waals surface area contributed by atoms with E-state index in [1.54, 1.807) is 6.07 Å². The highest BCUT2D eigenvalue weighted by molar-refractivity contribution is 5.93. The van der Waals surface area contributed by atoms with Gasteiger partial charge >= 0.3 is 5.97 Å². The number of H-pyrrole nitrogens is 1. The molecule has 0 saturated heterocycles. The van der Waals surface area contributed by atoms with Crippen molar-refractivity contribution in [2.75, 3.05) is 7.11 Å². The second-order valence-corrected chi connectivity index (χ2v) is 5.14. The van der Waals surface area contributed by atoms with E-state index in [1.165, 1.54) is 13.2 Å². The molecule has 1 aromatic heterocycles. The van der Waals surface area contributed by atoms with Gasteiger partial charge in [-0.1, -0.05) is 30.3 Å². The Labute approximate surface area is 131 Å². The van der Waals surface area contributed by atoms with Crippen molar-refractivity contribution in [3.8, 4) is 11.3 Å². The number of carbonyl (C=O) groups excluding carboxylic acids is 1. The van der Waals surface area contributed by atoms with Crippen molar-refractivity contribution in [1.29, 1.82) is 0 Å². The predicted octanol–water partition coefficient (Wildman–Crippen LogP) is 3.46. The van der Waals surface area contributed by atoms with E-state index in [4.69, 9.17) is 0 Å². The van der Waals surface area contributed by atoms with Gasteiger partial charge < -0.3 is 9.72 Å². The van der Waals surface area contributed by atoms with Crippen molar-refractivity contribution in [2.24, 2.45) is 0 Å². The molecular formula is C17H14N2O4. The van der Waals surface area contributed by atoms with E-state index in [-0.39, 0.29) is 12.1 Å². The minimum absolute atomic E-state index is 0.000863. The fourth-order valence-electron chi connectivity index (χ4n) is 2.54. The number of methoxy groups -OCH3 is 1. The van der Waals surface area contributed by atoms with Crippen molar-refractivity contribution < 1.29 is 14.5 Å². The molecule has 0 aliphatic carbocycles. The normalized spacial score (nSPS) is 10.7. The summed E-state index contributed by atoms with van der Waals surface area (Å²) in [4.78, 5) is 25.4. The molecule has 0 aliphatic heterocycles. The van der Waals surface area contributed by atoms with Crippen LogP contribution < -0.4 is 0 Å². The third-order valence-electron chi connectivity index (χ3n) is 3.62. The van der Waals surface area contributed by atoms with Crippen molar-refractivity contribution in [3.05, 3.63) is 64.2 Å². The summed E-state index contributed by atoms with van der Waals surface area (Å²) in [7, 11) is 1.29. The van der Waals surface area contributed by atoms with E-state index in [1.807, 2.05) is 36.4 Å². The van der Waals surface area contributed by atoms with Crippen molar-refractivity contribution in [2.45, 2.75) is 6.42 Å². The van der Waals surface area contributed by atoms with Crippen molar-refractivity contribution in [1.82, 2.24) is 4.98 Å². The van der Waals surface area contributed by atoms with E-state index in [0.717, 1.165) is 11.3 Å². The van der Waals surface area contributed by atoms with Crippen LogP contribution in [0.4, 0.5) is 5.69 Å². The number of nitro groups is 1. The lowest BCUT2D eigenvalue weighted by Crippen LogP contribution is -2.04. The van der Waals surface area contributed by atoms with E-state index < -0.39 is 10.9 Å². The molecule has 0 saturated carbocycles. The maximum atomic E-state index is 11.4. The number of rotatable bonds is 4. The predicted molar refractivity (Wildman–Crippen MR) is 86.1 cm³/mol. The number of aromatic nitrogens is 1. The SMILES string of the molecule is COC(=O)Cc1cc([N+](=O)[O-])c2[nH]c(-c3ccccc3)cc2c1. The van der Waals surface area contributed by atoms with Gasteiger partial charge in [0, 0.05) is 17.1 Å². The van der Waals surface area contributed by atoms with Crippen LogP contribution in [-0.2, 0) is 16.0 Å². The molecule has 3 aromatic rings. The molecule has 0 radical (unpaired) electrons. The topological polar surface area (TPSA) is 85.2 Å². The second kappa shape index (κ2) is 5.92. The average Bonchev–Trinajstić information content (AvgIpc) is 2.98. The lowest BCUT2D eigenvalue weighted by atomic mass is 10.1. The molecule has 6 heteroatoms. The minimum Gasteiger partial charge on any atom is -0.469 e. The summed E-state index contributed by atoms with van der Waals surface area (Å²) >= 11 is 0. The van der Waals surface area contributed by atoms with Crippen LogP contribution >= 0.6 is 0 Å². The van der Waals surface area contributed by atoms with Gasteiger partial charge in [-0.3, -0.25) is 14.9 Å². The highest BCUT2D eigenvalue weighted by Crippen LogP contribution is 2.31. The highest BCUT2D eigenvalue weighted by atomic mass is 16.6. The summed E-state index contributed by atoms with van der Waals surface area (Å²) in [6.45, 7) is 0. The third-order valence-corrected chi connectivity index (χ3v) is 3.62. The standard InChI is InChI=1S/C17H14N2O4/c1-23-16(20)9-11-7-13-10-14(12-5-3-2-4-6-12)18-17(13)15(8-11)19(21)22/h2-8,10,18H,9H2,1H3. The molecule has 2 aromatic carbocycles. The number of nitrogens with one attached hydrogen (secondary N) is 1. The van der Waals surface area contributed by atoms with Crippen LogP contribution in [0.25, 0.3) is 22.2 Å². The molecule has 0 atom stereocenters. The smallest absolute Gasteiger partial charge is 0.309 e. The Bertz CT molecular complexity index is 884. The molecule has 116 valence electrons. The number of nitrogens with zero attached hydrogens (tertiary/aromatic N) is 1. The maximum Gasteiger partial charge on any atom is 0.309 e. The first kappa shape index (κ1) is 14.8. The van der Waals surface area contributed by atoms with Crippen LogP contribution in [-0.4, -0.2) is 23.0 Å². The Kier molecular flexibility index (Phi) is 3.80. The number of benzene rings is 2. The molecule has 0 unspecified atom stereocenters. The Morgan fingerprint density at radius 3 is 2.61 bits per heavy atom. The molecule has 0 bridgehead atoms. The lowest BCUT2D eigenvalue weighted by Gasteiger charge is -2.01. The van der Waals surface area contributed by atoms with E-state index in [0.29, 0.717) is 16.5 Å². The van der Waals surface area contributed by atoms with Crippen LogP contribution in [0.1, 0.15) is 5.56 Å². The van der Waals surface area contributed by atoms with E-state index in [2.05, 4.69) is 9.72 Å². The molecule has 0 aliphatic rings. The summed E-state index contributed by atoms with van der Waals surface area (Å²) in [5.41, 5.74) is 2.67. The maximum absolute atomic E-state index is 11.4. The Hall–Kier alpha value is -3.15. The zero-order chi connectivity index (χ0) is 16.4. The fraction of sp³-hybridized carbons (Fsp3) is 0.118. The zero-order valence-corrected chi connectivity index (χ0v) is 12.4. The molecule has 0 spiro atoms. The molecule has 0 amide bonds. The molecule has 0 fully saturated rings. The molecule has 3 rings (SSSR count). The molecule has 1 heterocycles. The van der Waals surface area contributed by atoms with Gasteiger partial charge in [0.05, 0.1) is 18.5 Å². The van der Waals surface area contributed by atoms with Crippen LogP contribution in [0, 0.1) is 10.1 Å². The Balaban J connectivity index is 2.14. The summed E-state index contributed by atoms with van der Waals surface area (Å²) in [5, 5.41) is 12.0. The van der Waals surface area contributed by atoms with E-state index >= 15 is 0 Å². The third kappa shape index (κ3) is 2.91. The van der Waals surface area contributed by atoms with Crippen LogP contribution in [0.5, 0.6) is 0 Å². The first-order valence-electron chi connectivity index (χ1n) is 7.01. The van der Waals surface area contributed by atoms with Gasteiger partial charge in [0.25, 0.3) is 5.69 Å². The molecular weight excluding hydrogens is 296 g/mol. The van der Waals surface area contributed by atoms with Crippen LogP contribution in [0.3, 0.4) is 0 Å². The first-order valence-corrected chi connectivity index (χ1v) is 7.01.